The smallest absolute Gasteiger partial charge is 0.279 e. The summed E-state index contributed by atoms with van der Waals surface area (Å²) in [4.78, 5) is 15.0. The van der Waals surface area contributed by atoms with E-state index in [2.05, 4.69) is 10.00 Å². The SMILES string of the molecule is COc1ccc2cnn(CN3CCCCC3)c(=O)c2c1OC. The molecule has 1 fully saturated rings. The zero-order valence-electron chi connectivity index (χ0n) is 13.0. The molecule has 0 unspecified atom stereocenters. The first-order valence-electron chi connectivity index (χ1n) is 7.57. The van der Waals surface area contributed by atoms with E-state index in [1.54, 1.807) is 26.5 Å². The van der Waals surface area contributed by atoms with Crippen LogP contribution < -0.4 is 15.0 Å². The third-order valence-electron chi connectivity index (χ3n) is 4.14. The van der Waals surface area contributed by atoms with E-state index in [0.29, 0.717) is 23.6 Å². The topological polar surface area (TPSA) is 56.6 Å². The minimum absolute atomic E-state index is 0.140. The van der Waals surface area contributed by atoms with E-state index < -0.39 is 0 Å². The summed E-state index contributed by atoms with van der Waals surface area (Å²) < 4.78 is 12.2. The van der Waals surface area contributed by atoms with Crippen LogP contribution in [0, 0.1) is 0 Å². The molecule has 6 nitrogen and oxygen atoms in total. The van der Waals surface area contributed by atoms with Crippen molar-refractivity contribution in [1.82, 2.24) is 14.7 Å². The summed E-state index contributed by atoms with van der Waals surface area (Å²) in [6.45, 7) is 2.55. The summed E-state index contributed by atoms with van der Waals surface area (Å²) >= 11 is 0. The first-order chi connectivity index (χ1) is 10.7. The fourth-order valence-corrected chi connectivity index (χ4v) is 2.97. The van der Waals surface area contributed by atoms with Gasteiger partial charge in [-0.2, -0.15) is 5.10 Å². The van der Waals surface area contributed by atoms with Gasteiger partial charge >= 0.3 is 0 Å². The van der Waals surface area contributed by atoms with E-state index in [1.165, 1.54) is 23.9 Å². The molecule has 0 N–H and O–H groups in total. The molecule has 1 aliphatic heterocycles. The summed E-state index contributed by atoms with van der Waals surface area (Å²) in [6, 6.07) is 3.62. The number of likely N-dealkylation sites (tertiary alicyclic amines) is 1. The molecule has 0 amide bonds. The molecule has 6 heteroatoms. The van der Waals surface area contributed by atoms with E-state index in [0.717, 1.165) is 18.5 Å². The van der Waals surface area contributed by atoms with Crippen molar-refractivity contribution >= 4 is 10.8 Å². The Morgan fingerprint density at radius 1 is 1.14 bits per heavy atom. The molecule has 3 rings (SSSR count). The zero-order valence-corrected chi connectivity index (χ0v) is 13.0. The number of ether oxygens (including phenoxy) is 2. The summed E-state index contributed by atoms with van der Waals surface area (Å²) in [7, 11) is 3.11. The van der Waals surface area contributed by atoms with Crippen molar-refractivity contribution in [2.45, 2.75) is 25.9 Å². The van der Waals surface area contributed by atoms with Crippen LogP contribution in [0.4, 0.5) is 0 Å². The predicted octanol–water partition coefficient (Wildman–Crippen LogP) is 1.86. The molecule has 0 radical (unpaired) electrons. The van der Waals surface area contributed by atoms with Crippen LogP contribution >= 0.6 is 0 Å². The number of benzene rings is 1. The van der Waals surface area contributed by atoms with E-state index in [1.807, 2.05) is 6.07 Å². The van der Waals surface area contributed by atoms with Gasteiger partial charge in [-0.1, -0.05) is 6.42 Å². The number of hydrogen-bond donors (Lipinski definition) is 0. The summed E-state index contributed by atoms with van der Waals surface area (Å²) in [5, 5.41) is 5.58. The average Bonchev–Trinajstić information content (AvgIpc) is 2.57. The quantitative estimate of drug-likeness (QED) is 0.863. The highest BCUT2D eigenvalue weighted by Crippen LogP contribution is 2.32. The minimum Gasteiger partial charge on any atom is -0.493 e. The number of piperidine rings is 1. The van der Waals surface area contributed by atoms with Gasteiger partial charge in [0, 0.05) is 5.39 Å². The summed E-state index contributed by atoms with van der Waals surface area (Å²) in [5.41, 5.74) is -0.140. The van der Waals surface area contributed by atoms with Gasteiger partial charge < -0.3 is 9.47 Å². The van der Waals surface area contributed by atoms with E-state index in [-0.39, 0.29) is 5.56 Å². The largest absolute Gasteiger partial charge is 0.493 e. The molecule has 1 aliphatic rings. The van der Waals surface area contributed by atoms with Crippen molar-refractivity contribution in [3.8, 4) is 11.5 Å². The van der Waals surface area contributed by atoms with Gasteiger partial charge in [0.25, 0.3) is 5.56 Å². The Kier molecular flexibility index (Phi) is 4.29. The van der Waals surface area contributed by atoms with Crippen molar-refractivity contribution in [3.63, 3.8) is 0 Å². The maximum Gasteiger partial charge on any atom is 0.279 e. The van der Waals surface area contributed by atoms with E-state index >= 15 is 0 Å². The van der Waals surface area contributed by atoms with Crippen LogP contribution in [0.5, 0.6) is 11.5 Å². The van der Waals surface area contributed by atoms with Gasteiger partial charge in [0.15, 0.2) is 11.5 Å². The van der Waals surface area contributed by atoms with Crippen molar-refractivity contribution in [3.05, 3.63) is 28.7 Å². The van der Waals surface area contributed by atoms with Crippen LogP contribution in [0.15, 0.2) is 23.1 Å². The zero-order chi connectivity index (χ0) is 15.5. The molecule has 0 aliphatic carbocycles. The minimum atomic E-state index is -0.140. The summed E-state index contributed by atoms with van der Waals surface area (Å²) in [5.74, 6) is 1.03. The molecular weight excluding hydrogens is 282 g/mol. The molecule has 0 bridgehead atoms. The van der Waals surface area contributed by atoms with Crippen LogP contribution in [-0.2, 0) is 6.67 Å². The fourth-order valence-electron chi connectivity index (χ4n) is 2.97. The number of aromatic nitrogens is 2. The molecule has 1 saturated heterocycles. The van der Waals surface area contributed by atoms with Crippen LogP contribution in [0.2, 0.25) is 0 Å². The standard InChI is InChI=1S/C16H21N3O3/c1-21-13-7-6-12-10-17-19(11-18-8-4-3-5-9-18)16(20)14(12)15(13)22-2/h6-7,10H,3-5,8-9,11H2,1-2H3. The molecule has 0 saturated carbocycles. The lowest BCUT2D eigenvalue weighted by Crippen LogP contribution is -2.36. The third-order valence-corrected chi connectivity index (χ3v) is 4.14. The molecule has 0 spiro atoms. The number of methoxy groups -OCH3 is 2. The second-order valence-corrected chi connectivity index (χ2v) is 5.53. The van der Waals surface area contributed by atoms with Gasteiger partial charge in [0.1, 0.15) is 0 Å². The second-order valence-electron chi connectivity index (χ2n) is 5.53. The molecule has 2 heterocycles. The van der Waals surface area contributed by atoms with Gasteiger partial charge in [-0.25, -0.2) is 4.68 Å². The lowest BCUT2D eigenvalue weighted by molar-refractivity contribution is 0.170. The molecule has 118 valence electrons. The Labute approximate surface area is 129 Å². The first kappa shape index (κ1) is 14.8. The number of fused-ring (bicyclic) bond motifs is 1. The molecule has 1 aromatic heterocycles. The molecule has 2 aromatic rings. The number of rotatable bonds is 4. The normalized spacial score (nSPS) is 15.9. The Balaban J connectivity index is 2.05. The average molecular weight is 303 g/mol. The highest BCUT2D eigenvalue weighted by atomic mass is 16.5. The Morgan fingerprint density at radius 2 is 1.91 bits per heavy atom. The highest BCUT2D eigenvalue weighted by Gasteiger charge is 2.16. The lowest BCUT2D eigenvalue weighted by atomic mass is 10.1. The van der Waals surface area contributed by atoms with Gasteiger partial charge in [-0.3, -0.25) is 9.69 Å². The Bertz CT molecular complexity index is 720. The third kappa shape index (κ3) is 2.66. The molecular formula is C16H21N3O3. The van der Waals surface area contributed by atoms with Gasteiger partial charge in [0.05, 0.1) is 32.5 Å². The van der Waals surface area contributed by atoms with Crippen molar-refractivity contribution in [2.75, 3.05) is 27.3 Å². The van der Waals surface area contributed by atoms with Crippen LogP contribution in [0.3, 0.4) is 0 Å². The van der Waals surface area contributed by atoms with Crippen molar-refractivity contribution in [1.29, 1.82) is 0 Å². The Hall–Kier alpha value is -2.08. The van der Waals surface area contributed by atoms with Crippen molar-refractivity contribution < 1.29 is 9.47 Å². The maximum absolute atomic E-state index is 12.8. The second kappa shape index (κ2) is 6.36. The van der Waals surface area contributed by atoms with E-state index in [9.17, 15) is 4.79 Å². The summed E-state index contributed by atoms with van der Waals surface area (Å²) in [6.07, 6.45) is 5.34. The number of hydrogen-bond acceptors (Lipinski definition) is 5. The van der Waals surface area contributed by atoms with Crippen LogP contribution in [0.1, 0.15) is 19.3 Å². The van der Waals surface area contributed by atoms with E-state index in [4.69, 9.17) is 9.47 Å². The Morgan fingerprint density at radius 3 is 2.59 bits per heavy atom. The maximum atomic E-state index is 12.8. The predicted molar refractivity (Wildman–Crippen MR) is 84.5 cm³/mol. The van der Waals surface area contributed by atoms with Crippen LogP contribution in [0.25, 0.3) is 10.8 Å². The van der Waals surface area contributed by atoms with Gasteiger partial charge in [-0.05, 0) is 38.1 Å². The van der Waals surface area contributed by atoms with Gasteiger partial charge in [0.2, 0.25) is 0 Å². The lowest BCUT2D eigenvalue weighted by Gasteiger charge is -2.26. The van der Waals surface area contributed by atoms with Crippen LogP contribution in [-0.4, -0.2) is 42.0 Å². The monoisotopic (exact) mass is 303 g/mol. The molecule has 1 aromatic carbocycles. The fraction of sp³-hybridized carbons (Fsp3) is 0.500. The molecule has 0 atom stereocenters. The number of nitrogens with zero attached hydrogens (tertiary/aromatic N) is 3. The first-order valence-corrected chi connectivity index (χ1v) is 7.57. The molecule has 22 heavy (non-hydrogen) atoms. The van der Waals surface area contributed by atoms with Crippen molar-refractivity contribution in [2.24, 2.45) is 0 Å². The van der Waals surface area contributed by atoms with Gasteiger partial charge in [-0.15, -0.1) is 0 Å². The highest BCUT2D eigenvalue weighted by molar-refractivity contribution is 5.89.